The molecule has 0 fully saturated rings. The SMILES string of the molecule is CCOC(=O)c1ccc(N(C)C(=S)NC(=NCc2ccccc2N(CC(=O)O)CC(=O)O)c2ccccc2)cc1. The van der Waals surface area contributed by atoms with Crippen LogP contribution in [-0.2, 0) is 20.9 Å². The number of para-hydroxylation sites is 1. The maximum absolute atomic E-state index is 12.0. The van der Waals surface area contributed by atoms with E-state index in [2.05, 4.69) is 5.32 Å². The van der Waals surface area contributed by atoms with E-state index >= 15 is 0 Å². The molecule has 10 nitrogen and oxygen atoms in total. The average Bonchev–Trinajstić information content (AvgIpc) is 2.94. The van der Waals surface area contributed by atoms with Gasteiger partial charge in [-0.25, -0.2) is 4.79 Å². The Kier molecular flexibility index (Phi) is 10.7. The van der Waals surface area contributed by atoms with Crippen molar-refractivity contribution in [1.29, 1.82) is 0 Å². The van der Waals surface area contributed by atoms with Gasteiger partial charge in [-0.05, 0) is 55.0 Å². The molecule has 0 radical (unpaired) electrons. The van der Waals surface area contributed by atoms with E-state index in [1.54, 1.807) is 67.4 Å². The highest BCUT2D eigenvalue weighted by molar-refractivity contribution is 7.80. The van der Waals surface area contributed by atoms with Crippen molar-refractivity contribution in [3.05, 3.63) is 95.6 Å². The van der Waals surface area contributed by atoms with Crippen molar-refractivity contribution < 1.29 is 29.3 Å². The van der Waals surface area contributed by atoms with Crippen molar-refractivity contribution in [3.8, 4) is 0 Å². The van der Waals surface area contributed by atoms with Crippen LogP contribution >= 0.6 is 12.2 Å². The Bertz CT molecular complexity index is 1360. The Balaban J connectivity index is 1.86. The average molecular weight is 563 g/mol. The number of aliphatic imine (C=N–C) groups is 1. The van der Waals surface area contributed by atoms with E-state index in [1.165, 1.54) is 4.90 Å². The van der Waals surface area contributed by atoms with Crippen LogP contribution in [0.25, 0.3) is 0 Å². The van der Waals surface area contributed by atoms with E-state index in [-0.39, 0.29) is 13.2 Å². The second-order valence-electron chi connectivity index (χ2n) is 8.56. The van der Waals surface area contributed by atoms with Crippen molar-refractivity contribution in [2.45, 2.75) is 13.5 Å². The summed E-state index contributed by atoms with van der Waals surface area (Å²) in [4.78, 5) is 42.5. The zero-order chi connectivity index (χ0) is 29.1. The highest BCUT2D eigenvalue weighted by atomic mass is 32.1. The molecule has 3 aromatic rings. The van der Waals surface area contributed by atoms with Gasteiger partial charge in [-0.1, -0.05) is 48.5 Å². The molecule has 0 amide bonds. The maximum Gasteiger partial charge on any atom is 0.338 e. The van der Waals surface area contributed by atoms with Crippen LogP contribution in [0.2, 0.25) is 0 Å². The number of esters is 1. The number of carbonyl (C=O) groups excluding carboxylic acids is 1. The van der Waals surface area contributed by atoms with Gasteiger partial charge in [0, 0.05) is 24.0 Å². The first-order valence-corrected chi connectivity index (χ1v) is 12.8. The number of rotatable bonds is 11. The summed E-state index contributed by atoms with van der Waals surface area (Å²) in [7, 11) is 1.78. The molecule has 40 heavy (non-hydrogen) atoms. The van der Waals surface area contributed by atoms with E-state index in [4.69, 9.17) is 21.9 Å². The fraction of sp³-hybridized carbons (Fsp3) is 0.207. The highest BCUT2D eigenvalue weighted by Gasteiger charge is 2.18. The number of nitrogens with one attached hydrogen (secondary N) is 1. The van der Waals surface area contributed by atoms with Gasteiger partial charge in [-0.15, -0.1) is 0 Å². The lowest BCUT2D eigenvalue weighted by atomic mass is 10.1. The molecule has 0 spiro atoms. The molecular weight excluding hydrogens is 532 g/mol. The summed E-state index contributed by atoms with van der Waals surface area (Å²) >= 11 is 5.66. The third-order valence-corrected chi connectivity index (χ3v) is 6.11. The van der Waals surface area contributed by atoms with E-state index in [1.807, 2.05) is 30.3 Å². The van der Waals surface area contributed by atoms with Gasteiger partial charge in [-0.3, -0.25) is 14.6 Å². The molecular formula is C29H30N4O6S. The minimum Gasteiger partial charge on any atom is -0.480 e. The van der Waals surface area contributed by atoms with Crippen molar-refractivity contribution in [2.75, 3.05) is 36.5 Å². The first-order valence-electron chi connectivity index (χ1n) is 12.4. The van der Waals surface area contributed by atoms with Gasteiger partial charge in [-0.2, -0.15) is 0 Å². The topological polar surface area (TPSA) is 132 Å². The summed E-state index contributed by atoms with van der Waals surface area (Å²) < 4.78 is 5.03. The van der Waals surface area contributed by atoms with Crippen LogP contribution in [0.15, 0.2) is 83.9 Å². The zero-order valence-corrected chi connectivity index (χ0v) is 22.9. The molecule has 0 aliphatic carbocycles. The second kappa shape index (κ2) is 14.4. The zero-order valence-electron chi connectivity index (χ0n) is 22.1. The van der Waals surface area contributed by atoms with E-state index in [0.717, 1.165) is 11.3 Å². The fourth-order valence-electron chi connectivity index (χ4n) is 3.81. The van der Waals surface area contributed by atoms with E-state index < -0.39 is 31.0 Å². The van der Waals surface area contributed by atoms with Crippen molar-refractivity contribution in [3.63, 3.8) is 0 Å². The summed E-state index contributed by atoms with van der Waals surface area (Å²) in [5, 5.41) is 22.2. The third-order valence-electron chi connectivity index (χ3n) is 5.73. The molecule has 0 heterocycles. The first-order chi connectivity index (χ1) is 19.2. The molecule has 0 aliphatic heterocycles. The number of nitrogens with zero attached hydrogens (tertiary/aromatic N) is 3. The number of amidine groups is 1. The molecule has 0 aliphatic rings. The summed E-state index contributed by atoms with van der Waals surface area (Å²) in [6.07, 6.45) is 0. The second-order valence-corrected chi connectivity index (χ2v) is 8.95. The molecule has 3 aromatic carbocycles. The van der Waals surface area contributed by atoms with Gasteiger partial charge in [0.2, 0.25) is 0 Å². The van der Waals surface area contributed by atoms with Gasteiger partial charge in [0.25, 0.3) is 0 Å². The summed E-state index contributed by atoms with van der Waals surface area (Å²) in [6, 6.07) is 23.1. The summed E-state index contributed by atoms with van der Waals surface area (Å²) in [6.45, 7) is 1.22. The quantitative estimate of drug-likeness (QED) is 0.137. The van der Waals surface area contributed by atoms with E-state index in [0.29, 0.717) is 27.8 Å². The molecule has 0 unspecified atom stereocenters. The molecule has 3 rings (SSSR count). The first kappa shape index (κ1) is 29.8. The van der Waals surface area contributed by atoms with Crippen LogP contribution in [0.3, 0.4) is 0 Å². The van der Waals surface area contributed by atoms with Gasteiger partial charge in [0.1, 0.15) is 18.9 Å². The van der Waals surface area contributed by atoms with E-state index in [9.17, 15) is 24.6 Å². The number of ether oxygens (including phenoxy) is 1. The minimum absolute atomic E-state index is 0.129. The molecule has 0 saturated heterocycles. The Morgan fingerprint density at radius 2 is 1.48 bits per heavy atom. The van der Waals surface area contributed by atoms with Crippen LogP contribution in [0.1, 0.15) is 28.4 Å². The molecule has 11 heteroatoms. The van der Waals surface area contributed by atoms with Crippen LogP contribution in [0.4, 0.5) is 11.4 Å². The lowest BCUT2D eigenvalue weighted by Crippen LogP contribution is -2.41. The van der Waals surface area contributed by atoms with Gasteiger partial charge in [0.15, 0.2) is 5.11 Å². The number of carboxylic acids is 2. The molecule has 0 atom stereocenters. The van der Waals surface area contributed by atoms with Crippen LogP contribution < -0.4 is 15.1 Å². The molecule has 3 N–H and O–H groups in total. The molecule has 0 saturated carbocycles. The van der Waals surface area contributed by atoms with Gasteiger partial charge >= 0.3 is 17.9 Å². The minimum atomic E-state index is -1.14. The number of aliphatic carboxylic acids is 2. The highest BCUT2D eigenvalue weighted by Crippen LogP contribution is 2.22. The predicted octanol–water partition coefficient (Wildman–Crippen LogP) is 3.80. The number of anilines is 2. The number of hydrogen-bond donors (Lipinski definition) is 3. The largest absolute Gasteiger partial charge is 0.480 e. The maximum atomic E-state index is 12.0. The molecule has 0 bridgehead atoms. The number of carbonyl (C=O) groups is 3. The van der Waals surface area contributed by atoms with Crippen LogP contribution in [-0.4, -0.2) is 65.8 Å². The molecule has 208 valence electrons. The molecule has 0 aromatic heterocycles. The normalized spacial score (nSPS) is 10.9. The predicted molar refractivity (Wildman–Crippen MR) is 157 cm³/mol. The summed E-state index contributed by atoms with van der Waals surface area (Å²) in [5.41, 5.74) is 3.05. The Hall–Kier alpha value is -4.77. The van der Waals surface area contributed by atoms with Gasteiger partial charge < -0.3 is 30.1 Å². The monoisotopic (exact) mass is 562 g/mol. The Morgan fingerprint density at radius 3 is 2.08 bits per heavy atom. The number of thiocarbonyl (C=S) groups is 1. The van der Waals surface area contributed by atoms with Crippen molar-refractivity contribution >= 4 is 52.4 Å². The smallest absolute Gasteiger partial charge is 0.338 e. The summed E-state index contributed by atoms with van der Waals surface area (Å²) in [5.74, 6) is -2.22. The lowest BCUT2D eigenvalue weighted by Gasteiger charge is -2.24. The standard InChI is InChI=1S/C29H30N4O6S/c1-3-39-28(38)21-13-15-23(16-14-21)32(2)29(40)31-27(20-9-5-4-6-10-20)30-17-22-11-7-8-12-24(22)33(18-25(34)35)19-26(36)37/h4-16H,3,17-19H2,1-2H3,(H,34,35)(H,36,37)(H,30,31,40). The third kappa shape index (κ3) is 8.37. The number of hydrogen-bond acceptors (Lipinski definition) is 7. The Morgan fingerprint density at radius 1 is 0.875 bits per heavy atom. The van der Waals surface area contributed by atoms with Gasteiger partial charge in [0.05, 0.1) is 18.7 Å². The fourth-order valence-corrected chi connectivity index (χ4v) is 4.01. The lowest BCUT2D eigenvalue weighted by molar-refractivity contribution is -0.136. The van der Waals surface area contributed by atoms with Crippen LogP contribution in [0, 0.1) is 0 Å². The number of benzene rings is 3. The number of carboxylic acid groups (broad SMARTS) is 2. The van der Waals surface area contributed by atoms with Crippen molar-refractivity contribution in [1.82, 2.24) is 5.32 Å². The Labute approximate surface area is 237 Å². The van der Waals surface area contributed by atoms with Crippen molar-refractivity contribution in [2.24, 2.45) is 4.99 Å². The van der Waals surface area contributed by atoms with Crippen LogP contribution in [0.5, 0.6) is 0 Å².